The molecule has 0 aliphatic carbocycles. The molecule has 4 nitrogen and oxygen atoms in total. The first-order chi connectivity index (χ1) is 10.4. The van der Waals surface area contributed by atoms with Crippen molar-refractivity contribution in [2.45, 2.75) is 6.54 Å². The van der Waals surface area contributed by atoms with Crippen LogP contribution in [0.25, 0.3) is 0 Å². The second-order valence-corrected chi connectivity index (χ2v) is 5.37. The first kappa shape index (κ1) is 13.8. The number of nitrogens with one attached hydrogen (secondary N) is 1. The molecule has 0 amide bonds. The van der Waals surface area contributed by atoms with E-state index in [0.29, 0.717) is 0 Å². The van der Waals surface area contributed by atoms with Crippen molar-refractivity contribution >= 4 is 6.21 Å². The van der Waals surface area contributed by atoms with Crippen LogP contribution in [0.5, 0.6) is 0 Å². The fourth-order valence-electron chi connectivity index (χ4n) is 2.58. The van der Waals surface area contributed by atoms with Crippen LogP contribution in [-0.2, 0) is 6.54 Å². The van der Waals surface area contributed by atoms with Crippen LogP contribution in [0.15, 0.2) is 59.8 Å². The minimum Gasteiger partial charge on any atom is -0.328 e. The van der Waals surface area contributed by atoms with E-state index >= 15 is 0 Å². The van der Waals surface area contributed by atoms with Crippen molar-refractivity contribution < 1.29 is 4.90 Å². The zero-order chi connectivity index (χ0) is 14.3. The summed E-state index contributed by atoms with van der Waals surface area (Å²) in [5.74, 6) is 0. The number of pyridine rings is 1. The zero-order valence-electron chi connectivity index (χ0n) is 12.2. The Morgan fingerprint density at radius 2 is 1.81 bits per heavy atom. The van der Waals surface area contributed by atoms with E-state index in [2.05, 4.69) is 45.4 Å². The molecule has 1 saturated heterocycles. The number of benzene rings is 1. The van der Waals surface area contributed by atoms with Gasteiger partial charge in [0.25, 0.3) is 0 Å². The topological polar surface area (TPSA) is 32.9 Å². The Labute approximate surface area is 125 Å². The molecule has 0 saturated carbocycles. The second kappa shape index (κ2) is 6.99. The minimum absolute atomic E-state index is 0.913. The molecule has 1 fully saturated rings. The van der Waals surface area contributed by atoms with E-state index in [0.717, 1.165) is 38.4 Å². The van der Waals surface area contributed by atoms with Crippen LogP contribution in [0.4, 0.5) is 0 Å². The smallest absolute Gasteiger partial charge is 0.103 e. The molecule has 1 aliphatic rings. The highest BCUT2D eigenvalue weighted by molar-refractivity contribution is 5.76. The fraction of sp³-hybridized carbons (Fsp3) is 0.294. The number of quaternary nitrogens is 1. The third-order valence-electron chi connectivity index (χ3n) is 3.78. The van der Waals surface area contributed by atoms with Crippen molar-refractivity contribution in [2.75, 3.05) is 26.2 Å². The lowest BCUT2D eigenvalue weighted by Gasteiger charge is -2.30. The second-order valence-electron chi connectivity index (χ2n) is 5.37. The van der Waals surface area contributed by atoms with Gasteiger partial charge in [-0.2, -0.15) is 5.10 Å². The third kappa shape index (κ3) is 4.13. The normalized spacial score (nSPS) is 16.5. The Kier molecular flexibility index (Phi) is 4.59. The third-order valence-corrected chi connectivity index (χ3v) is 3.78. The Balaban J connectivity index is 1.48. The van der Waals surface area contributed by atoms with Crippen molar-refractivity contribution in [3.05, 3.63) is 66.0 Å². The number of nitrogens with zero attached hydrogens (tertiary/aromatic N) is 3. The molecule has 108 valence electrons. The summed E-state index contributed by atoms with van der Waals surface area (Å²) in [7, 11) is 0. The van der Waals surface area contributed by atoms with Gasteiger partial charge in [-0.25, -0.2) is 0 Å². The quantitative estimate of drug-likeness (QED) is 0.842. The molecular formula is C17H21N4+. The lowest BCUT2D eigenvalue weighted by molar-refractivity contribution is -0.918. The molecule has 1 N–H and O–H groups in total. The maximum Gasteiger partial charge on any atom is 0.103 e. The van der Waals surface area contributed by atoms with Crippen LogP contribution in [0.2, 0.25) is 0 Å². The summed E-state index contributed by atoms with van der Waals surface area (Å²) in [4.78, 5) is 5.88. The van der Waals surface area contributed by atoms with Crippen LogP contribution in [0.3, 0.4) is 0 Å². The van der Waals surface area contributed by atoms with Crippen LogP contribution in [0, 0.1) is 0 Å². The van der Waals surface area contributed by atoms with Gasteiger partial charge in [0.2, 0.25) is 0 Å². The summed E-state index contributed by atoms with van der Waals surface area (Å²) in [5.41, 5.74) is 2.33. The van der Waals surface area contributed by atoms with Crippen molar-refractivity contribution in [2.24, 2.45) is 5.10 Å². The fourth-order valence-corrected chi connectivity index (χ4v) is 2.58. The molecule has 21 heavy (non-hydrogen) atoms. The minimum atomic E-state index is 0.913. The standard InChI is InChI=1S/C17H20N4/c1-2-6-16(7-3-1)15-20-10-12-21(13-11-20)19-14-17-8-4-5-9-18-17/h1-9,14H,10-13,15H2/p+1/b19-14-. The van der Waals surface area contributed by atoms with Gasteiger partial charge in [0, 0.05) is 11.8 Å². The van der Waals surface area contributed by atoms with Crippen LogP contribution in [-0.4, -0.2) is 42.4 Å². The van der Waals surface area contributed by atoms with Gasteiger partial charge in [-0.3, -0.25) is 9.99 Å². The van der Waals surface area contributed by atoms with Gasteiger partial charge in [0.05, 0.1) is 38.1 Å². The van der Waals surface area contributed by atoms with Crippen LogP contribution >= 0.6 is 0 Å². The molecule has 2 aromatic rings. The number of piperazine rings is 1. The van der Waals surface area contributed by atoms with E-state index in [1.165, 1.54) is 5.56 Å². The van der Waals surface area contributed by atoms with Gasteiger partial charge in [0.1, 0.15) is 6.54 Å². The van der Waals surface area contributed by atoms with Gasteiger partial charge in [-0.15, -0.1) is 0 Å². The molecule has 2 heterocycles. The highest BCUT2D eigenvalue weighted by atomic mass is 15.5. The summed E-state index contributed by atoms with van der Waals surface area (Å²) in [6, 6.07) is 16.6. The lowest BCUT2D eigenvalue weighted by atomic mass is 10.2. The lowest BCUT2D eigenvalue weighted by Crippen LogP contribution is -3.13. The van der Waals surface area contributed by atoms with Crippen molar-refractivity contribution in [1.82, 2.24) is 9.99 Å². The van der Waals surface area contributed by atoms with E-state index in [1.54, 1.807) is 11.1 Å². The van der Waals surface area contributed by atoms with Crippen LogP contribution < -0.4 is 4.90 Å². The maximum absolute atomic E-state index is 4.53. The Bertz CT molecular complexity index is 560. The molecule has 1 aliphatic heterocycles. The molecule has 4 heteroatoms. The number of hydrogen-bond acceptors (Lipinski definition) is 3. The van der Waals surface area contributed by atoms with Crippen LogP contribution in [0.1, 0.15) is 11.3 Å². The SMILES string of the molecule is C(=N/N1CC[NH+](Cc2ccccc2)CC1)/c1ccccn1. The molecule has 0 atom stereocenters. The van der Waals surface area contributed by atoms with E-state index in [1.807, 2.05) is 24.4 Å². The molecular weight excluding hydrogens is 260 g/mol. The molecule has 0 spiro atoms. The summed E-state index contributed by atoms with van der Waals surface area (Å²) in [5, 5.41) is 6.67. The molecule has 0 unspecified atom stereocenters. The van der Waals surface area contributed by atoms with E-state index < -0.39 is 0 Å². The number of hydrazone groups is 1. The van der Waals surface area contributed by atoms with Gasteiger partial charge in [-0.05, 0) is 12.1 Å². The Morgan fingerprint density at radius 3 is 2.52 bits per heavy atom. The first-order valence-electron chi connectivity index (χ1n) is 7.47. The number of aromatic nitrogens is 1. The van der Waals surface area contributed by atoms with Gasteiger partial charge in [-0.1, -0.05) is 36.4 Å². The van der Waals surface area contributed by atoms with Crippen molar-refractivity contribution in [3.8, 4) is 0 Å². The van der Waals surface area contributed by atoms with Crippen molar-refractivity contribution in [3.63, 3.8) is 0 Å². The van der Waals surface area contributed by atoms with Crippen molar-refractivity contribution in [1.29, 1.82) is 0 Å². The van der Waals surface area contributed by atoms with Gasteiger partial charge in [0.15, 0.2) is 0 Å². The molecule has 1 aromatic carbocycles. The highest BCUT2D eigenvalue weighted by Crippen LogP contribution is 1.97. The predicted octanol–water partition coefficient (Wildman–Crippen LogP) is 0.816. The first-order valence-corrected chi connectivity index (χ1v) is 7.47. The summed E-state index contributed by atoms with van der Waals surface area (Å²) in [6.45, 7) is 5.39. The maximum atomic E-state index is 4.53. The van der Waals surface area contributed by atoms with Gasteiger partial charge < -0.3 is 4.90 Å². The summed E-state index contributed by atoms with van der Waals surface area (Å²) < 4.78 is 0. The molecule has 3 rings (SSSR count). The summed E-state index contributed by atoms with van der Waals surface area (Å²) >= 11 is 0. The highest BCUT2D eigenvalue weighted by Gasteiger charge is 2.18. The molecule has 0 bridgehead atoms. The Morgan fingerprint density at radius 1 is 1.05 bits per heavy atom. The van der Waals surface area contributed by atoms with E-state index in [4.69, 9.17) is 0 Å². The predicted molar refractivity (Wildman–Crippen MR) is 84.2 cm³/mol. The number of hydrogen-bond donors (Lipinski definition) is 1. The largest absolute Gasteiger partial charge is 0.328 e. The molecule has 0 radical (unpaired) electrons. The zero-order valence-corrected chi connectivity index (χ0v) is 12.2. The average Bonchev–Trinajstić information content (AvgIpc) is 2.56. The van der Waals surface area contributed by atoms with E-state index in [9.17, 15) is 0 Å². The average molecular weight is 281 g/mol. The van der Waals surface area contributed by atoms with E-state index in [-0.39, 0.29) is 0 Å². The summed E-state index contributed by atoms with van der Waals surface area (Å²) in [6.07, 6.45) is 3.64. The monoisotopic (exact) mass is 281 g/mol. The number of rotatable bonds is 4. The van der Waals surface area contributed by atoms with Gasteiger partial charge >= 0.3 is 0 Å². The Hall–Kier alpha value is -2.20. The molecule has 1 aromatic heterocycles.